The Morgan fingerprint density at radius 1 is 1.21 bits per heavy atom. The number of hydrogen-bond donors (Lipinski definition) is 2. The molecule has 2 N–H and O–H groups in total. The van der Waals surface area contributed by atoms with Gasteiger partial charge in [0.15, 0.2) is 11.7 Å². The number of halogens is 1. The number of aromatic nitrogens is 2. The molecule has 7 nitrogen and oxygen atoms in total. The van der Waals surface area contributed by atoms with Crippen molar-refractivity contribution in [2.75, 3.05) is 13.6 Å². The zero-order valence-electron chi connectivity index (χ0n) is 16.2. The summed E-state index contributed by atoms with van der Waals surface area (Å²) in [6.45, 7) is 5.27. The monoisotopic (exact) mass is 385 g/mol. The number of hydrogen-bond acceptors (Lipinski definition) is 5. The van der Waals surface area contributed by atoms with E-state index in [0.717, 1.165) is 22.7 Å². The Kier molecular flexibility index (Phi) is 6.41. The summed E-state index contributed by atoms with van der Waals surface area (Å²) >= 11 is 0. The molecule has 0 unspecified atom stereocenters. The van der Waals surface area contributed by atoms with Gasteiger partial charge in [-0.05, 0) is 30.2 Å². The van der Waals surface area contributed by atoms with Gasteiger partial charge < -0.3 is 19.6 Å². The predicted molar refractivity (Wildman–Crippen MR) is 104 cm³/mol. The summed E-state index contributed by atoms with van der Waals surface area (Å²) in [6, 6.07) is 7.99. The van der Waals surface area contributed by atoms with E-state index in [2.05, 4.69) is 39.6 Å². The van der Waals surface area contributed by atoms with E-state index in [1.54, 1.807) is 25.4 Å². The fourth-order valence-electron chi connectivity index (χ4n) is 2.53. The third-order valence-corrected chi connectivity index (χ3v) is 4.14. The van der Waals surface area contributed by atoms with Crippen LogP contribution in [0.3, 0.4) is 0 Å². The molecule has 0 radical (unpaired) electrons. The lowest BCUT2D eigenvalue weighted by molar-refractivity contribution is 0.372. The lowest BCUT2D eigenvalue weighted by Crippen LogP contribution is -2.37. The first kappa shape index (κ1) is 19.6. The van der Waals surface area contributed by atoms with Gasteiger partial charge in [0.2, 0.25) is 5.89 Å². The first-order valence-electron chi connectivity index (χ1n) is 9.15. The lowest BCUT2D eigenvalue weighted by atomic mass is 10.1. The van der Waals surface area contributed by atoms with Crippen molar-refractivity contribution in [3.8, 4) is 11.5 Å². The summed E-state index contributed by atoms with van der Waals surface area (Å²) in [5, 5.41) is 10.4. The highest BCUT2D eigenvalue weighted by molar-refractivity contribution is 5.79. The molecule has 0 spiro atoms. The summed E-state index contributed by atoms with van der Waals surface area (Å²) in [7, 11) is 1.71. The zero-order chi connectivity index (χ0) is 19.9. The van der Waals surface area contributed by atoms with Gasteiger partial charge in [0, 0.05) is 31.6 Å². The lowest BCUT2D eigenvalue weighted by Gasteiger charge is -2.09. The normalized spacial score (nSPS) is 11.8. The Labute approximate surface area is 163 Å². The van der Waals surface area contributed by atoms with Gasteiger partial charge in [0.25, 0.3) is 0 Å². The highest BCUT2D eigenvalue weighted by atomic mass is 19.1. The average Bonchev–Trinajstić information content (AvgIpc) is 3.35. The topological polar surface area (TPSA) is 88.5 Å². The van der Waals surface area contributed by atoms with E-state index in [1.807, 2.05) is 6.07 Å². The number of nitrogens with zero attached hydrogens (tertiary/aromatic N) is 3. The summed E-state index contributed by atoms with van der Waals surface area (Å²) in [5.41, 5.74) is 2.48. The molecule has 2 aromatic heterocycles. The van der Waals surface area contributed by atoms with Crippen molar-refractivity contribution in [1.82, 2.24) is 20.8 Å². The molecule has 0 aliphatic carbocycles. The van der Waals surface area contributed by atoms with Crippen LogP contribution in [0.15, 0.2) is 50.5 Å². The molecule has 0 saturated carbocycles. The maximum absolute atomic E-state index is 13.0. The Morgan fingerprint density at radius 3 is 2.68 bits per heavy atom. The van der Waals surface area contributed by atoms with Gasteiger partial charge in [0.1, 0.15) is 12.1 Å². The molecule has 0 atom stereocenters. The van der Waals surface area contributed by atoms with Crippen molar-refractivity contribution in [2.24, 2.45) is 4.99 Å². The minimum Gasteiger partial charge on any atom is -0.444 e. The molecule has 0 aliphatic heterocycles. The smallest absolute Gasteiger partial charge is 0.226 e. The number of aliphatic imine (C=N–C) groups is 1. The second kappa shape index (κ2) is 9.16. The van der Waals surface area contributed by atoms with E-state index >= 15 is 0 Å². The Hall–Kier alpha value is -3.16. The van der Waals surface area contributed by atoms with Crippen molar-refractivity contribution in [3.05, 3.63) is 59.6 Å². The van der Waals surface area contributed by atoms with E-state index in [9.17, 15) is 4.39 Å². The van der Waals surface area contributed by atoms with E-state index in [-0.39, 0.29) is 5.82 Å². The van der Waals surface area contributed by atoms with Crippen molar-refractivity contribution >= 4 is 5.96 Å². The molecular weight excluding hydrogens is 361 g/mol. The van der Waals surface area contributed by atoms with Crippen LogP contribution in [0, 0.1) is 5.82 Å². The highest BCUT2D eigenvalue weighted by Gasteiger charge is 2.09. The zero-order valence-corrected chi connectivity index (χ0v) is 16.2. The van der Waals surface area contributed by atoms with Crippen LogP contribution in [0.5, 0.6) is 0 Å². The van der Waals surface area contributed by atoms with Gasteiger partial charge >= 0.3 is 0 Å². The summed E-state index contributed by atoms with van der Waals surface area (Å²) in [4.78, 5) is 8.62. The van der Waals surface area contributed by atoms with Crippen molar-refractivity contribution in [1.29, 1.82) is 0 Å². The summed E-state index contributed by atoms with van der Waals surface area (Å²) < 4.78 is 23.8. The molecule has 0 saturated heterocycles. The molecule has 3 aromatic rings. The minimum atomic E-state index is -0.288. The van der Waals surface area contributed by atoms with Crippen LogP contribution in [0.25, 0.3) is 11.5 Å². The number of nitrogens with one attached hydrogen (secondary N) is 2. The Balaban J connectivity index is 1.46. The maximum Gasteiger partial charge on any atom is 0.226 e. The van der Waals surface area contributed by atoms with Crippen LogP contribution >= 0.6 is 0 Å². The van der Waals surface area contributed by atoms with Crippen molar-refractivity contribution < 1.29 is 13.3 Å². The van der Waals surface area contributed by atoms with E-state index in [4.69, 9.17) is 8.94 Å². The molecule has 148 valence electrons. The standard InChI is InChI=1S/C20H24FN5O2/c1-13(2)18-10-17(28-26-18)11-24-20(22-3)23-9-8-16-12-27-19(25-16)14-4-6-15(21)7-5-14/h4-7,10,12-13H,8-9,11H2,1-3H3,(H2,22,23,24). The number of oxazole rings is 1. The molecule has 0 bridgehead atoms. The molecule has 0 aliphatic rings. The molecule has 28 heavy (non-hydrogen) atoms. The number of benzene rings is 1. The van der Waals surface area contributed by atoms with E-state index in [1.165, 1.54) is 12.1 Å². The van der Waals surface area contributed by atoms with Crippen molar-refractivity contribution in [2.45, 2.75) is 32.7 Å². The van der Waals surface area contributed by atoms with Gasteiger partial charge in [-0.15, -0.1) is 0 Å². The van der Waals surface area contributed by atoms with Gasteiger partial charge in [-0.2, -0.15) is 0 Å². The molecule has 0 fully saturated rings. The van der Waals surface area contributed by atoms with Crippen LogP contribution in [0.1, 0.15) is 36.9 Å². The number of guanidine groups is 1. The average molecular weight is 385 g/mol. The minimum absolute atomic E-state index is 0.288. The molecular formula is C20H24FN5O2. The third kappa shape index (κ3) is 5.18. The molecule has 3 rings (SSSR count). The van der Waals surface area contributed by atoms with Gasteiger partial charge in [-0.3, -0.25) is 4.99 Å². The van der Waals surface area contributed by atoms with Crippen LogP contribution in [-0.4, -0.2) is 29.7 Å². The van der Waals surface area contributed by atoms with Crippen LogP contribution in [0.4, 0.5) is 4.39 Å². The number of rotatable bonds is 7. The second-order valence-electron chi connectivity index (χ2n) is 6.63. The molecule has 2 heterocycles. The molecule has 8 heteroatoms. The van der Waals surface area contributed by atoms with Crippen LogP contribution < -0.4 is 10.6 Å². The van der Waals surface area contributed by atoms with Gasteiger partial charge in [0.05, 0.1) is 17.9 Å². The SMILES string of the molecule is CN=C(NCCc1coc(-c2ccc(F)cc2)n1)NCc1cc(C(C)C)no1. The maximum atomic E-state index is 13.0. The van der Waals surface area contributed by atoms with E-state index < -0.39 is 0 Å². The van der Waals surface area contributed by atoms with Crippen LogP contribution in [0.2, 0.25) is 0 Å². The second-order valence-corrected chi connectivity index (χ2v) is 6.63. The first-order valence-corrected chi connectivity index (χ1v) is 9.15. The Bertz CT molecular complexity index is 915. The first-order chi connectivity index (χ1) is 13.5. The van der Waals surface area contributed by atoms with Gasteiger partial charge in [-0.25, -0.2) is 9.37 Å². The fraction of sp³-hybridized carbons (Fsp3) is 0.350. The molecule has 0 amide bonds. The highest BCUT2D eigenvalue weighted by Crippen LogP contribution is 2.19. The fourth-order valence-corrected chi connectivity index (χ4v) is 2.53. The van der Waals surface area contributed by atoms with Crippen LogP contribution in [-0.2, 0) is 13.0 Å². The molecule has 1 aromatic carbocycles. The van der Waals surface area contributed by atoms with Gasteiger partial charge in [-0.1, -0.05) is 19.0 Å². The Morgan fingerprint density at radius 2 is 2.00 bits per heavy atom. The predicted octanol–water partition coefficient (Wildman–Crippen LogP) is 3.50. The van der Waals surface area contributed by atoms with E-state index in [0.29, 0.717) is 37.3 Å². The summed E-state index contributed by atoms with van der Waals surface area (Å²) in [5.74, 6) is 1.93. The van der Waals surface area contributed by atoms with Crippen molar-refractivity contribution in [3.63, 3.8) is 0 Å². The largest absolute Gasteiger partial charge is 0.444 e. The summed E-state index contributed by atoms with van der Waals surface area (Å²) in [6.07, 6.45) is 2.27. The quantitative estimate of drug-likeness (QED) is 0.478. The third-order valence-electron chi connectivity index (χ3n) is 4.14.